The zero-order valence-electron chi connectivity index (χ0n) is 9.25. The molecule has 0 saturated heterocycles. The molecular formula is C11H19N3. The Morgan fingerprint density at radius 3 is 2.79 bits per heavy atom. The summed E-state index contributed by atoms with van der Waals surface area (Å²) in [7, 11) is 0. The molecule has 78 valence electrons. The fourth-order valence-electron chi connectivity index (χ4n) is 2.39. The first-order valence-corrected chi connectivity index (χ1v) is 5.44. The monoisotopic (exact) mass is 193 g/mol. The van der Waals surface area contributed by atoms with Crippen molar-refractivity contribution in [2.75, 3.05) is 0 Å². The first-order valence-electron chi connectivity index (χ1n) is 5.44. The van der Waals surface area contributed by atoms with Gasteiger partial charge in [0.25, 0.3) is 0 Å². The van der Waals surface area contributed by atoms with Crippen LogP contribution >= 0.6 is 0 Å². The number of nitrogens with two attached hydrogens (primary N) is 1. The number of aromatic nitrogens is 2. The van der Waals surface area contributed by atoms with Crippen molar-refractivity contribution in [1.29, 1.82) is 0 Å². The van der Waals surface area contributed by atoms with E-state index in [1.165, 1.54) is 23.4 Å². The highest BCUT2D eigenvalue weighted by molar-refractivity contribution is 5.31. The number of rotatable bonds is 1. The summed E-state index contributed by atoms with van der Waals surface area (Å²) < 4.78 is 2.11. The standard InChI is InChI=1S/C11H19N3/c1-7(2)14-8(3)11-9(12)5-4-6-10(11)13-14/h7,9H,4-6,12H2,1-3H3. The number of nitrogens with zero attached hydrogens (tertiary/aromatic N) is 2. The Labute approximate surface area is 85.3 Å². The molecule has 2 N–H and O–H groups in total. The van der Waals surface area contributed by atoms with Gasteiger partial charge in [-0.1, -0.05) is 0 Å². The summed E-state index contributed by atoms with van der Waals surface area (Å²) in [6, 6.07) is 0.652. The Balaban J connectivity index is 2.49. The predicted molar refractivity (Wildman–Crippen MR) is 57.2 cm³/mol. The van der Waals surface area contributed by atoms with Crippen LogP contribution in [0.25, 0.3) is 0 Å². The van der Waals surface area contributed by atoms with Crippen molar-refractivity contribution in [2.45, 2.75) is 52.1 Å². The molecule has 1 aliphatic rings. The first kappa shape index (κ1) is 9.71. The van der Waals surface area contributed by atoms with Gasteiger partial charge in [-0.2, -0.15) is 5.10 Å². The van der Waals surface area contributed by atoms with Gasteiger partial charge in [-0.3, -0.25) is 4.68 Å². The summed E-state index contributed by atoms with van der Waals surface area (Å²) in [4.78, 5) is 0. The van der Waals surface area contributed by atoms with Crippen molar-refractivity contribution in [3.8, 4) is 0 Å². The van der Waals surface area contributed by atoms with Gasteiger partial charge in [0.2, 0.25) is 0 Å². The number of fused-ring (bicyclic) bond motifs is 1. The van der Waals surface area contributed by atoms with E-state index in [-0.39, 0.29) is 6.04 Å². The van der Waals surface area contributed by atoms with Gasteiger partial charge < -0.3 is 5.73 Å². The Morgan fingerprint density at radius 1 is 1.50 bits per heavy atom. The van der Waals surface area contributed by atoms with E-state index in [4.69, 9.17) is 5.73 Å². The minimum absolute atomic E-state index is 0.214. The van der Waals surface area contributed by atoms with Gasteiger partial charge in [0.1, 0.15) is 0 Å². The molecule has 0 aromatic carbocycles. The van der Waals surface area contributed by atoms with Crippen LogP contribution in [-0.2, 0) is 6.42 Å². The van der Waals surface area contributed by atoms with Crippen LogP contribution in [0.3, 0.4) is 0 Å². The third-order valence-corrected chi connectivity index (χ3v) is 3.06. The van der Waals surface area contributed by atoms with Crippen molar-refractivity contribution < 1.29 is 0 Å². The molecule has 1 aromatic heterocycles. The van der Waals surface area contributed by atoms with Gasteiger partial charge in [-0.15, -0.1) is 0 Å². The molecule has 0 bridgehead atoms. The summed E-state index contributed by atoms with van der Waals surface area (Å²) in [6.45, 7) is 6.46. The molecule has 14 heavy (non-hydrogen) atoms. The van der Waals surface area contributed by atoms with Crippen LogP contribution in [0.5, 0.6) is 0 Å². The molecule has 1 heterocycles. The van der Waals surface area contributed by atoms with Gasteiger partial charge in [-0.05, 0) is 40.0 Å². The van der Waals surface area contributed by atoms with Crippen molar-refractivity contribution in [3.63, 3.8) is 0 Å². The molecule has 0 aliphatic heterocycles. The predicted octanol–water partition coefficient (Wildman–Crippen LogP) is 2.11. The number of hydrogen-bond donors (Lipinski definition) is 1. The van der Waals surface area contributed by atoms with E-state index >= 15 is 0 Å². The average molecular weight is 193 g/mol. The summed E-state index contributed by atoms with van der Waals surface area (Å²) in [6.07, 6.45) is 3.39. The Kier molecular flexibility index (Phi) is 2.35. The van der Waals surface area contributed by atoms with Gasteiger partial charge in [-0.25, -0.2) is 0 Å². The largest absolute Gasteiger partial charge is 0.324 e. The second kappa shape index (κ2) is 3.39. The Hall–Kier alpha value is -0.830. The van der Waals surface area contributed by atoms with E-state index in [0.717, 1.165) is 12.8 Å². The molecule has 3 heteroatoms. The molecule has 0 fully saturated rings. The van der Waals surface area contributed by atoms with E-state index in [1.54, 1.807) is 0 Å². The topological polar surface area (TPSA) is 43.8 Å². The molecule has 0 amide bonds. The van der Waals surface area contributed by atoms with Gasteiger partial charge in [0.15, 0.2) is 0 Å². The quantitative estimate of drug-likeness (QED) is 0.742. The van der Waals surface area contributed by atoms with E-state index in [2.05, 4.69) is 30.6 Å². The van der Waals surface area contributed by atoms with Crippen LogP contribution in [-0.4, -0.2) is 9.78 Å². The van der Waals surface area contributed by atoms with Crippen molar-refractivity contribution in [2.24, 2.45) is 5.73 Å². The third kappa shape index (κ3) is 1.36. The van der Waals surface area contributed by atoms with Crippen LogP contribution < -0.4 is 5.73 Å². The van der Waals surface area contributed by atoms with E-state index < -0.39 is 0 Å². The van der Waals surface area contributed by atoms with Crippen molar-refractivity contribution in [3.05, 3.63) is 17.0 Å². The third-order valence-electron chi connectivity index (χ3n) is 3.06. The van der Waals surface area contributed by atoms with E-state index in [9.17, 15) is 0 Å². The zero-order chi connectivity index (χ0) is 10.3. The minimum atomic E-state index is 0.214. The lowest BCUT2D eigenvalue weighted by Crippen LogP contribution is -2.17. The summed E-state index contributed by atoms with van der Waals surface area (Å²) >= 11 is 0. The molecule has 3 nitrogen and oxygen atoms in total. The SMILES string of the molecule is Cc1c2c(nn1C(C)C)CCCC2N. The van der Waals surface area contributed by atoms with Crippen LogP contribution in [0.15, 0.2) is 0 Å². The van der Waals surface area contributed by atoms with Crippen LogP contribution in [0.4, 0.5) is 0 Å². The van der Waals surface area contributed by atoms with Crippen LogP contribution in [0.1, 0.15) is 55.7 Å². The molecule has 1 atom stereocenters. The van der Waals surface area contributed by atoms with Gasteiger partial charge in [0.05, 0.1) is 5.69 Å². The second-order valence-corrected chi connectivity index (χ2v) is 4.48. The highest BCUT2D eigenvalue weighted by Crippen LogP contribution is 2.31. The summed E-state index contributed by atoms with van der Waals surface area (Å²) in [5.41, 5.74) is 9.91. The molecular weight excluding hydrogens is 174 g/mol. The van der Waals surface area contributed by atoms with Crippen LogP contribution in [0.2, 0.25) is 0 Å². The second-order valence-electron chi connectivity index (χ2n) is 4.48. The Bertz CT molecular complexity index is 339. The van der Waals surface area contributed by atoms with E-state index in [0.29, 0.717) is 6.04 Å². The fraction of sp³-hybridized carbons (Fsp3) is 0.727. The highest BCUT2D eigenvalue weighted by Gasteiger charge is 2.24. The molecule has 1 unspecified atom stereocenters. The Morgan fingerprint density at radius 2 is 2.21 bits per heavy atom. The van der Waals surface area contributed by atoms with Gasteiger partial charge in [0, 0.05) is 23.3 Å². The number of hydrogen-bond acceptors (Lipinski definition) is 2. The van der Waals surface area contributed by atoms with Gasteiger partial charge >= 0.3 is 0 Å². The van der Waals surface area contributed by atoms with Crippen molar-refractivity contribution >= 4 is 0 Å². The normalized spacial score (nSPS) is 21.4. The maximum Gasteiger partial charge on any atom is 0.0675 e. The van der Waals surface area contributed by atoms with Crippen molar-refractivity contribution in [1.82, 2.24) is 9.78 Å². The molecule has 1 aliphatic carbocycles. The lowest BCUT2D eigenvalue weighted by atomic mass is 9.92. The lowest BCUT2D eigenvalue weighted by Gasteiger charge is -2.18. The average Bonchev–Trinajstić information content (AvgIpc) is 2.45. The minimum Gasteiger partial charge on any atom is -0.324 e. The molecule has 0 radical (unpaired) electrons. The molecule has 0 spiro atoms. The fourth-order valence-corrected chi connectivity index (χ4v) is 2.39. The highest BCUT2D eigenvalue weighted by atomic mass is 15.3. The zero-order valence-corrected chi connectivity index (χ0v) is 9.25. The molecule has 1 aromatic rings. The van der Waals surface area contributed by atoms with E-state index in [1.807, 2.05) is 0 Å². The maximum atomic E-state index is 6.11. The molecule has 2 rings (SSSR count). The smallest absolute Gasteiger partial charge is 0.0675 e. The molecule has 0 saturated carbocycles. The van der Waals surface area contributed by atoms with Crippen LogP contribution in [0, 0.1) is 6.92 Å². The number of aryl methyl sites for hydroxylation is 1. The lowest BCUT2D eigenvalue weighted by molar-refractivity contribution is 0.513. The summed E-state index contributed by atoms with van der Waals surface area (Å²) in [5, 5.41) is 4.64. The maximum absolute atomic E-state index is 6.11. The first-order chi connectivity index (χ1) is 6.61. The summed E-state index contributed by atoms with van der Waals surface area (Å²) in [5.74, 6) is 0.